The highest BCUT2D eigenvalue weighted by molar-refractivity contribution is 6.05. The summed E-state index contributed by atoms with van der Waals surface area (Å²) in [6, 6.07) is 25.0. The molecule has 0 bridgehead atoms. The highest BCUT2D eigenvalue weighted by Crippen LogP contribution is 2.23. The summed E-state index contributed by atoms with van der Waals surface area (Å²) in [6.45, 7) is 5.31. The second-order valence-corrected chi connectivity index (χ2v) is 10.4. The number of nitrogens with one attached hydrogen (secondary N) is 2. The van der Waals surface area contributed by atoms with Gasteiger partial charge in [-0.25, -0.2) is 9.59 Å². The fourth-order valence-corrected chi connectivity index (χ4v) is 4.97. The average molecular weight is 586 g/mol. The normalized spacial score (nSPS) is 17.3. The van der Waals surface area contributed by atoms with Crippen LogP contribution in [-0.4, -0.2) is 85.7 Å². The minimum Gasteiger partial charge on any atom is -0.461 e. The number of amidine groups is 1. The van der Waals surface area contributed by atoms with E-state index in [4.69, 9.17) is 19.6 Å². The Morgan fingerprint density at radius 1 is 0.884 bits per heavy atom. The first-order chi connectivity index (χ1) is 20.9. The molecule has 2 aliphatic heterocycles. The number of carbonyl (C=O) groups is 3. The lowest BCUT2D eigenvalue weighted by Gasteiger charge is -2.35. The quantitative estimate of drug-likeness (QED) is 0.209. The molecule has 3 aromatic rings. The summed E-state index contributed by atoms with van der Waals surface area (Å²) in [6.07, 6.45) is -1.08. The maximum absolute atomic E-state index is 12.6. The zero-order valence-electron chi connectivity index (χ0n) is 23.8. The van der Waals surface area contributed by atoms with Crippen LogP contribution in [0.15, 0.2) is 84.9 Å². The Morgan fingerprint density at radius 3 is 2.23 bits per heavy atom. The summed E-state index contributed by atoms with van der Waals surface area (Å²) in [5, 5.41) is 10.6. The Kier molecular flexibility index (Phi) is 9.98. The van der Waals surface area contributed by atoms with Crippen molar-refractivity contribution in [1.82, 2.24) is 15.1 Å². The van der Waals surface area contributed by atoms with E-state index in [0.717, 1.165) is 31.7 Å². The highest BCUT2D eigenvalue weighted by atomic mass is 16.6. The van der Waals surface area contributed by atoms with Gasteiger partial charge >= 0.3 is 18.2 Å². The molecule has 3 aromatic carbocycles. The summed E-state index contributed by atoms with van der Waals surface area (Å²) in [7, 11) is 0. The molecule has 0 radical (unpaired) electrons. The van der Waals surface area contributed by atoms with Gasteiger partial charge in [-0.2, -0.15) is 0 Å². The molecule has 2 aliphatic rings. The Hall–Kier alpha value is -4.74. The molecule has 2 heterocycles. The second-order valence-electron chi connectivity index (χ2n) is 10.4. The minimum atomic E-state index is -0.756. The Bertz CT molecular complexity index is 1390. The van der Waals surface area contributed by atoms with E-state index in [2.05, 4.69) is 15.1 Å². The molecule has 0 spiro atoms. The number of rotatable bonds is 10. The third-order valence-corrected chi connectivity index (χ3v) is 7.32. The van der Waals surface area contributed by atoms with Gasteiger partial charge in [-0.15, -0.1) is 0 Å². The van der Waals surface area contributed by atoms with Gasteiger partial charge in [0.15, 0.2) is 0 Å². The molecule has 11 nitrogen and oxygen atoms in total. The van der Waals surface area contributed by atoms with Gasteiger partial charge in [0.05, 0.1) is 13.0 Å². The van der Waals surface area contributed by atoms with Crippen LogP contribution in [0.5, 0.6) is 5.75 Å². The van der Waals surface area contributed by atoms with Gasteiger partial charge in [-0.05, 0) is 42.0 Å². The third-order valence-electron chi connectivity index (χ3n) is 7.32. The predicted octanol–water partition coefficient (Wildman–Crippen LogP) is 3.88. The van der Waals surface area contributed by atoms with Gasteiger partial charge in [0.1, 0.15) is 24.3 Å². The lowest BCUT2D eigenvalue weighted by molar-refractivity contribution is -0.145. The first-order valence-corrected chi connectivity index (χ1v) is 14.3. The summed E-state index contributed by atoms with van der Waals surface area (Å²) < 4.78 is 16.2. The standard InChI is InChI=1S/C32H35N5O6/c33-30(34-31(39)42-27-9-5-2-6-10-27)25-11-13-26(14-12-25)37-22-28(43-32(37)40)21-36-19-17-35(18-20-36)16-15-29(38)41-23-24-7-3-1-4-8-24/h1-14,28H,15-23H2,(H2,33,34,39). The number of hydrogen-bond donors (Lipinski definition) is 2. The largest absolute Gasteiger partial charge is 0.461 e. The van der Waals surface area contributed by atoms with Crippen LogP contribution in [0.4, 0.5) is 15.3 Å². The molecule has 2 N–H and O–H groups in total. The smallest absolute Gasteiger partial charge is 0.418 e. The van der Waals surface area contributed by atoms with Crippen molar-refractivity contribution in [3.05, 3.63) is 96.1 Å². The minimum absolute atomic E-state index is 0.113. The summed E-state index contributed by atoms with van der Waals surface area (Å²) >= 11 is 0. The van der Waals surface area contributed by atoms with Gasteiger partial charge < -0.3 is 19.1 Å². The molecule has 0 saturated carbocycles. The van der Waals surface area contributed by atoms with Crippen molar-refractivity contribution >= 4 is 29.7 Å². The van der Waals surface area contributed by atoms with Gasteiger partial charge in [-0.1, -0.05) is 48.5 Å². The number of hydrogen-bond acceptors (Lipinski definition) is 9. The van der Waals surface area contributed by atoms with E-state index in [9.17, 15) is 14.4 Å². The Morgan fingerprint density at radius 2 is 1.53 bits per heavy atom. The van der Waals surface area contributed by atoms with Crippen LogP contribution in [0.1, 0.15) is 17.5 Å². The molecular weight excluding hydrogens is 550 g/mol. The fourth-order valence-electron chi connectivity index (χ4n) is 4.97. The van der Waals surface area contributed by atoms with E-state index >= 15 is 0 Å². The molecule has 0 aliphatic carbocycles. The Balaban J connectivity index is 1.01. The van der Waals surface area contributed by atoms with Crippen molar-refractivity contribution in [3.8, 4) is 5.75 Å². The van der Waals surface area contributed by atoms with Crippen LogP contribution >= 0.6 is 0 Å². The maximum Gasteiger partial charge on any atom is 0.418 e. The fraction of sp³-hybridized carbons (Fsp3) is 0.312. The highest BCUT2D eigenvalue weighted by Gasteiger charge is 2.34. The lowest BCUT2D eigenvalue weighted by atomic mass is 10.1. The number of carbonyl (C=O) groups excluding carboxylic acids is 3. The second kappa shape index (κ2) is 14.4. The van der Waals surface area contributed by atoms with Gasteiger partial charge in [0.25, 0.3) is 0 Å². The number of nitrogens with zero attached hydrogens (tertiary/aromatic N) is 3. The van der Waals surface area contributed by atoms with Crippen molar-refractivity contribution in [3.63, 3.8) is 0 Å². The van der Waals surface area contributed by atoms with E-state index in [0.29, 0.717) is 49.7 Å². The number of amides is 2. The molecule has 224 valence electrons. The number of cyclic esters (lactones) is 1. The number of benzene rings is 3. The summed E-state index contributed by atoms with van der Waals surface area (Å²) in [4.78, 5) is 43.0. The topological polar surface area (TPSA) is 124 Å². The molecule has 11 heteroatoms. The van der Waals surface area contributed by atoms with Crippen molar-refractivity contribution < 1.29 is 28.6 Å². The molecular formula is C32H35N5O6. The molecule has 2 amide bonds. The first-order valence-electron chi connectivity index (χ1n) is 14.3. The molecule has 1 atom stereocenters. The molecule has 2 fully saturated rings. The van der Waals surface area contributed by atoms with Crippen LogP contribution < -0.4 is 15.0 Å². The van der Waals surface area contributed by atoms with Crippen LogP contribution in [0.3, 0.4) is 0 Å². The summed E-state index contributed by atoms with van der Waals surface area (Å²) in [5.41, 5.74) is 2.10. The van der Waals surface area contributed by atoms with Gasteiger partial charge in [0.2, 0.25) is 0 Å². The number of piperazine rings is 1. The van der Waals surface area contributed by atoms with Crippen molar-refractivity contribution in [2.45, 2.75) is 19.1 Å². The monoisotopic (exact) mass is 585 g/mol. The SMILES string of the molecule is N=C(NC(=O)Oc1ccccc1)c1ccc(N2CC(CN3CCN(CCC(=O)OCc4ccccc4)CC3)OC2=O)cc1. The van der Waals surface area contributed by atoms with Crippen LogP contribution in [0, 0.1) is 5.41 Å². The van der Waals surface area contributed by atoms with Gasteiger partial charge in [0, 0.05) is 50.5 Å². The molecule has 0 aromatic heterocycles. The zero-order valence-corrected chi connectivity index (χ0v) is 23.8. The van der Waals surface area contributed by atoms with Crippen LogP contribution in [0.25, 0.3) is 0 Å². The van der Waals surface area contributed by atoms with E-state index in [-0.39, 0.29) is 17.9 Å². The predicted molar refractivity (Wildman–Crippen MR) is 160 cm³/mol. The first kappa shape index (κ1) is 29.7. The third kappa shape index (κ3) is 8.63. The molecule has 2 saturated heterocycles. The maximum atomic E-state index is 12.6. The average Bonchev–Trinajstić information content (AvgIpc) is 3.40. The molecule has 5 rings (SSSR count). The van der Waals surface area contributed by atoms with Crippen molar-refractivity contribution in [2.75, 3.05) is 50.7 Å². The van der Waals surface area contributed by atoms with E-state index < -0.39 is 12.2 Å². The van der Waals surface area contributed by atoms with Crippen molar-refractivity contribution in [1.29, 1.82) is 5.41 Å². The van der Waals surface area contributed by atoms with E-state index in [1.54, 1.807) is 53.4 Å². The zero-order chi connectivity index (χ0) is 30.0. The molecule has 43 heavy (non-hydrogen) atoms. The van der Waals surface area contributed by atoms with E-state index in [1.807, 2.05) is 36.4 Å². The number of esters is 1. The number of para-hydroxylation sites is 1. The Labute approximate surface area is 250 Å². The number of ether oxygens (including phenoxy) is 3. The summed E-state index contributed by atoms with van der Waals surface area (Å²) in [5.74, 6) is 0.0670. The lowest BCUT2D eigenvalue weighted by Crippen LogP contribution is -2.49. The van der Waals surface area contributed by atoms with Crippen molar-refractivity contribution in [2.24, 2.45) is 0 Å². The van der Waals surface area contributed by atoms with E-state index in [1.165, 1.54) is 0 Å². The van der Waals surface area contributed by atoms with Crippen LogP contribution in [-0.2, 0) is 20.9 Å². The number of anilines is 1. The van der Waals surface area contributed by atoms with Crippen LogP contribution in [0.2, 0.25) is 0 Å². The van der Waals surface area contributed by atoms with Gasteiger partial charge in [-0.3, -0.25) is 25.3 Å². The molecule has 1 unspecified atom stereocenters.